The molecule has 198 valence electrons. The average molecular weight is 510 g/mol. The summed E-state index contributed by atoms with van der Waals surface area (Å²) in [6, 6.07) is 12.5. The first-order valence-corrected chi connectivity index (χ1v) is 13.1. The van der Waals surface area contributed by atoms with Crippen molar-refractivity contribution in [2.45, 2.75) is 75.2 Å². The Bertz CT molecular complexity index is 1100. The highest BCUT2D eigenvalue weighted by molar-refractivity contribution is 5.99. The fourth-order valence-electron chi connectivity index (χ4n) is 5.67. The van der Waals surface area contributed by atoms with E-state index in [9.17, 15) is 14.7 Å². The number of benzene rings is 2. The van der Waals surface area contributed by atoms with Crippen LogP contribution in [0.3, 0.4) is 0 Å². The lowest BCUT2D eigenvalue weighted by Gasteiger charge is -2.37. The van der Waals surface area contributed by atoms with Gasteiger partial charge in [0, 0.05) is 28.9 Å². The number of methoxy groups -OCH3 is 1. The molecule has 0 bridgehead atoms. The number of rotatable bonds is 7. The van der Waals surface area contributed by atoms with E-state index in [1.54, 1.807) is 37.4 Å². The van der Waals surface area contributed by atoms with Crippen LogP contribution in [0.4, 0.5) is 16.2 Å². The molecule has 9 nitrogen and oxygen atoms in total. The van der Waals surface area contributed by atoms with E-state index in [1.165, 1.54) is 6.42 Å². The molecule has 2 heterocycles. The lowest BCUT2D eigenvalue weighted by molar-refractivity contribution is -0.142. The maximum absolute atomic E-state index is 12.7. The fraction of sp³-hybridized carbons (Fsp3) is 0.500. The Morgan fingerprint density at radius 3 is 2.49 bits per heavy atom. The second-order valence-corrected chi connectivity index (χ2v) is 10.1. The highest BCUT2D eigenvalue weighted by atomic mass is 16.6. The average Bonchev–Trinajstić information content (AvgIpc) is 3.27. The number of aliphatic hydroxyl groups excluding tert-OH is 1. The summed E-state index contributed by atoms with van der Waals surface area (Å²) < 4.78 is 17.4. The molecule has 0 spiro atoms. The summed E-state index contributed by atoms with van der Waals surface area (Å²) in [5, 5.41) is 18.8. The maximum Gasteiger partial charge on any atom is 0.323 e. The van der Waals surface area contributed by atoms with Crippen LogP contribution < -0.4 is 25.4 Å². The third-order valence-electron chi connectivity index (χ3n) is 7.49. The number of aliphatic hydroxyl groups is 1. The largest absolute Gasteiger partial charge is 0.497 e. The van der Waals surface area contributed by atoms with E-state index in [0.29, 0.717) is 29.3 Å². The quantitative estimate of drug-likeness (QED) is 0.445. The molecule has 0 aromatic heterocycles. The van der Waals surface area contributed by atoms with Crippen LogP contribution in [0.1, 0.15) is 56.4 Å². The molecule has 3 aliphatic rings. The third-order valence-corrected chi connectivity index (χ3v) is 7.49. The number of fused-ring (bicyclic) bond motifs is 3. The van der Waals surface area contributed by atoms with E-state index in [-0.39, 0.29) is 49.1 Å². The number of carbonyl (C=O) groups excluding carboxylic acids is 2. The second-order valence-electron chi connectivity index (χ2n) is 10.1. The minimum absolute atomic E-state index is 0.00296. The first-order valence-electron chi connectivity index (χ1n) is 13.1. The minimum atomic E-state index is -0.520. The summed E-state index contributed by atoms with van der Waals surface area (Å²) in [5.41, 5.74) is 2.23. The van der Waals surface area contributed by atoms with Gasteiger partial charge in [-0.1, -0.05) is 19.3 Å². The number of anilines is 2. The van der Waals surface area contributed by atoms with Gasteiger partial charge >= 0.3 is 6.03 Å². The molecule has 2 aromatic rings. The highest BCUT2D eigenvalue weighted by Crippen LogP contribution is 2.47. The molecule has 2 aromatic carbocycles. The molecule has 5 rings (SSSR count). The molecular formula is C28H35N3O6. The molecule has 3 amide bonds. The van der Waals surface area contributed by atoms with Gasteiger partial charge in [0.2, 0.25) is 5.91 Å². The Balaban J connectivity index is 1.23. The zero-order chi connectivity index (χ0) is 25.8. The van der Waals surface area contributed by atoms with Crippen molar-refractivity contribution in [3.8, 4) is 11.5 Å². The van der Waals surface area contributed by atoms with Crippen LogP contribution in [-0.4, -0.2) is 55.1 Å². The van der Waals surface area contributed by atoms with Crippen molar-refractivity contribution in [1.29, 1.82) is 0 Å². The summed E-state index contributed by atoms with van der Waals surface area (Å²) in [6.45, 7) is -0.189. The molecule has 2 fully saturated rings. The molecule has 1 aliphatic carbocycles. The number of nitrogens with one attached hydrogen (secondary N) is 3. The summed E-state index contributed by atoms with van der Waals surface area (Å²) >= 11 is 0. The molecule has 9 heteroatoms. The highest BCUT2D eigenvalue weighted by Gasteiger charge is 2.46. The Kier molecular flexibility index (Phi) is 7.81. The summed E-state index contributed by atoms with van der Waals surface area (Å²) in [4.78, 5) is 25.3. The van der Waals surface area contributed by atoms with E-state index in [1.807, 2.05) is 12.1 Å². The van der Waals surface area contributed by atoms with Crippen LogP contribution in [0.15, 0.2) is 42.5 Å². The number of hydrogen-bond donors (Lipinski definition) is 4. The molecule has 4 atom stereocenters. The Morgan fingerprint density at radius 1 is 1.03 bits per heavy atom. The summed E-state index contributed by atoms with van der Waals surface area (Å²) in [7, 11) is 1.59. The number of hydrogen-bond acceptors (Lipinski definition) is 6. The molecule has 4 N–H and O–H groups in total. The van der Waals surface area contributed by atoms with Gasteiger partial charge in [-0.3, -0.25) is 4.79 Å². The van der Waals surface area contributed by atoms with Crippen LogP contribution in [0, 0.1) is 0 Å². The molecule has 37 heavy (non-hydrogen) atoms. The molecule has 0 unspecified atom stereocenters. The van der Waals surface area contributed by atoms with E-state index in [4.69, 9.17) is 14.2 Å². The van der Waals surface area contributed by atoms with Crippen molar-refractivity contribution < 1.29 is 28.9 Å². The first-order chi connectivity index (χ1) is 18.0. The van der Waals surface area contributed by atoms with Gasteiger partial charge < -0.3 is 35.3 Å². The first kappa shape index (κ1) is 25.4. The van der Waals surface area contributed by atoms with Gasteiger partial charge in [0.25, 0.3) is 0 Å². The maximum atomic E-state index is 12.7. The lowest BCUT2D eigenvalue weighted by Crippen LogP contribution is -2.48. The van der Waals surface area contributed by atoms with Gasteiger partial charge in [-0.25, -0.2) is 4.79 Å². The Morgan fingerprint density at radius 2 is 1.76 bits per heavy atom. The fourth-order valence-corrected chi connectivity index (χ4v) is 5.67. The number of amides is 3. The zero-order valence-corrected chi connectivity index (χ0v) is 21.1. The molecule has 0 radical (unpaired) electrons. The second kappa shape index (κ2) is 11.4. The standard InChI is InChI=1S/C28H35N3O6/c1-35-20-10-7-18(8-11-20)30-28(34)31-19-9-12-24-22(13-19)23-14-21(36-25(16-32)27(23)37-24)15-26(33)29-17-5-3-2-4-6-17/h7-13,17,21,23,25,27,32H,2-6,14-16H2,1H3,(H,29,33)(H2,30,31,34)/t21-,23+,25-,27-/m1/s1. The van der Waals surface area contributed by atoms with Crippen molar-refractivity contribution >= 4 is 23.3 Å². The number of ether oxygens (including phenoxy) is 3. The van der Waals surface area contributed by atoms with Crippen molar-refractivity contribution in [2.75, 3.05) is 24.4 Å². The van der Waals surface area contributed by atoms with Gasteiger partial charge in [0.05, 0.1) is 26.2 Å². The van der Waals surface area contributed by atoms with Crippen LogP contribution in [-0.2, 0) is 9.53 Å². The molecule has 2 aliphatic heterocycles. The topological polar surface area (TPSA) is 118 Å². The smallest absolute Gasteiger partial charge is 0.323 e. The monoisotopic (exact) mass is 509 g/mol. The van der Waals surface area contributed by atoms with E-state index in [0.717, 1.165) is 31.2 Å². The van der Waals surface area contributed by atoms with Gasteiger partial charge in [-0.05, 0) is 61.7 Å². The van der Waals surface area contributed by atoms with E-state index < -0.39 is 6.10 Å². The normalized spacial score (nSPS) is 24.8. The predicted molar refractivity (Wildman–Crippen MR) is 139 cm³/mol. The Hall–Kier alpha value is -3.30. The summed E-state index contributed by atoms with van der Waals surface area (Å²) in [6.07, 6.45) is 5.31. The van der Waals surface area contributed by atoms with Gasteiger partial charge in [-0.15, -0.1) is 0 Å². The number of carbonyl (C=O) groups is 2. The van der Waals surface area contributed by atoms with Crippen molar-refractivity contribution in [3.05, 3.63) is 48.0 Å². The van der Waals surface area contributed by atoms with Gasteiger partial charge in [-0.2, -0.15) is 0 Å². The molecule has 1 saturated carbocycles. The van der Waals surface area contributed by atoms with E-state index >= 15 is 0 Å². The van der Waals surface area contributed by atoms with Crippen molar-refractivity contribution in [3.63, 3.8) is 0 Å². The van der Waals surface area contributed by atoms with Gasteiger partial charge in [0.1, 0.15) is 23.7 Å². The van der Waals surface area contributed by atoms with Crippen LogP contribution in [0.25, 0.3) is 0 Å². The van der Waals surface area contributed by atoms with Gasteiger partial charge in [0.15, 0.2) is 0 Å². The zero-order valence-electron chi connectivity index (χ0n) is 21.1. The number of urea groups is 1. The molecule has 1 saturated heterocycles. The van der Waals surface area contributed by atoms with Crippen molar-refractivity contribution in [1.82, 2.24) is 5.32 Å². The third kappa shape index (κ3) is 5.99. The van der Waals surface area contributed by atoms with Crippen LogP contribution in [0.5, 0.6) is 11.5 Å². The molecular weight excluding hydrogens is 474 g/mol. The van der Waals surface area contributed by atoms with Crippen molar-refractivity contribution in [2.24, 2.45) is 0 Å². The Labute approximate surface area is 216 Å². The lowest BCUT2D eigenvalue weighted by atomic mass is 9.84. The van der Waals surface area contributed by atoms with Crippen LogP contribution in [0.2, 0.25) is 0 Å². The van der Waals surface area contributed by atoms with E-state index in [2.05, 4.69) is 16.0 Å². The predicted octanol–water partition coefficient (Wildman–Crippen LogP) is 4.17. The van der Waals surface area contributed by atoms with Crippen LogP contribution >= 0.6 is 0 Å². The summed E-state index contributed by atoms with van der Waals surface area (Å²) in [5.74, 6) is 1.38. The SMILES string of the molecule is COc1ccc(NC(=O)Nc2ccc3c(c2)[C@@H]2C[C@H](CC(=O)NC4CCCCC4)O[C@H](CO)[C@@H]2O3)cc1. The minimum Gasteiger partial charge on any atom is -0.497 e.